The molecule has 0 spiro atoms. The number of rotatable bonds is 2. The number of carbonyl (C=O) groups is 1. The van der Waals surface area contributed by atoms with E-state index in [0.717, 1.165) is 11.3 Å². The van der Waals surface area contributed by atoms with Crippen molar-refractivity contribution in [1.82, 2.24) is 5.01 Å². The molecule has 0 bridgehead atoms. The Labute approximate surface area is 113 Å². The van der Waals surface area contributed by atoms with E-state index in [4.69, 9.17) is 21.7 Å². The summed E-state index contributed by atoms with van der Waals surface area (Å²) >= 11 is 6.34. The first kappa shape index (κ1) is 11.5. The quantitative estimate of drug-likeness (QED) is 0.608. The van der Waals surface area contributed by atoms with Crippen molar-refractivity contribution < 1.29 is 14.3 Å². The van der Waals surface area contributed by atoms with E-state index >= 15 is 0 Å². The number of thiocarbonyl (C=S) groups is 1. The molecule has 1 amide bonds. The van der Waals surface area contributed by atoms with Crippen molar-refractivity contribution in [2.45, 2.75) is 0 Å². The third kappa shape index (κ3) is 2.06. The molecule has 0 radical (unpaired) electrons. The molecule has 7 heteroatoms. The highest BCUT2D eigenvalue weighted by atomic mass is 32.2. The van der Waals surface area contributed by atoms with Gasteiger partial charge >= 0.3 is 0 Å². The molecule has 2 aliphatic heterocycles. The van der Waals surface area contributed by atoms with Gasteiger partial charge in [-0.3, -0.25) is 4.79 Å². The Morgan fingerprint density at radius 1 is 1.39 bits per heavy atom. The molecule has 5 nitrogen and oxygen atoms in total. The van der Waals surface area contributed by atoms with Crippen molar-refractivity contribution in [3.05, 3.63) is 23.8 Å². The van der Waals surface area contributed by atoms with E-state index < -0.39 is 0 Å². The summed E-state index contributed by atoms with van der Waals surface area (Å²) in [5, 5.41) is 5.32. The first-order chi connectivity index (χ1) is 8.74. The van der Waals surface area contributed by atoms with E-state index in [2.05, 4.69) is 5.10 Å². The molecule has 0 aromatic heterocycles. The van der Waals surface area contributed by atoms with Crippen LogP contribution in [0.5, 0.6) is 11.5 Å². The Morgan fingerprint density at radius 2 is 2.22 bits per heavy atom. The average molecular weight is 280 g/mol. The highest BCUT2D eigenvalue weighted by Gasteiger charge is 2.26. The van der Waals surface area contributed by atoms with Gasteiger partial charge in [-0.2, -0.15) is 10.1 Å². The van der Waals surface area contributed by atoms with Crippen molar-refractivity contribution in [2.24, 2.45) is 5.10 Å². The van der Waals surface area contributed by atoms with Crippen LogP contribution in [-0.2, 0) is 4.79 Å². The highest BCUT2D eigenvalue weighted by molar-refractivity contribution is 8.23. The lowest BCUT2D eigenvalue weighted by Gasteiger charge is -2.06. The maximum absolute atomic E-state index is 11.5. The third-order valence-corrected chi connectivity index (χ3v) is 3.78. The zero-order chi connectivity index (χ0) is 12.5. The van der Waals surface area contributed by atoms with E-state index in [0.29, 0.717) is 15.8 Å². The van der Waals surface area contributed by atoms with Gasteiger partial charge in [-0.05, 0) is 23.8 Å². The van der Waals surface area contributed by atoms with Gasteiger partial charge in [-0.25, -0.2) is 0 Å². The van der Waals surface area contributed by atoms with Crippen LogP contribution in [0.2, 0.25) is 0 Å². The Kier molecular flexibility index (Phi) is 2.92. The number of thioether (sulfide) groups is 1. The van der Waals surface area contributed by atoms with Crippen molar-refractivity contribution in [1.29, 1.82) is 0 Å². The van der Waals surface area contributed by atoms with Gasteiger partial charge < -0.3 is 9.47 Å². The lowest BCUT2D eigenvalue weighted by Crippen LogP contribution is -2.22. The molecule has 1 saturated heterocycles. The minimum absolute atomic E-state index is 0.0954. The molecule has 2 heterocycles. The largest absolute Gasteiger partial charge is 0.454 e. The summed E-state index contributed by atoms with van der Waals surface area (Å²) in [6, 6.07) is 5.46. The van der Waals surface area contributed by atoms with Crippen LogP contribution < -0.4 is 9.47 Å². The molecule has 1 fully saturated rings. The number of carbonyl (C=O) groups excluding carboxylic acids is 1. The molecule has 2 aliphatic rings. The monoisotopic (exact) mass is 280 g/mol. The van der Waals surface area contributed by atoms with Gasteiger partial charge in [0, 0.05) is 0 Å². The van der Waals surface area contributed by atoms with Crippen LogP contribution in [-0.4, -0.2) is 34.0 Å². The zero-order valence-corrected chi connectivity index (χ0v) is 10.8. The van der Waals surface area contributed by atoms with Crippen LogP contribution in [0, 0.1) is 0 Å². The number of hydrogen-bond acceptors (Lipinski definition) is 6. The van der Waals surface area contributed by atoms with Crippen molar-refractivity contribution in [3.8, 4) is 11.5 Å². The Balaban J connectivity index is 1.80. The molecule has 92 valence electrons. The second kappa shape index (κ2) is 4.58. The maximum atomic E-state index is 11.5. The number of amides is 1. The standard InChI is InChI=1S/C11H8N2O3S2/c14-10-5-18-11(17)13(10)12-4-7-1-2-8-9(3-7)16-6-15-8/h1-4H,5-6H2/b12-4-. The topological polar surface area (TPSA) is 51.1 Å². The number of ether oxygens (including phenoxy) is 2. The molecule has 1 aromatic rings. The lowest BCUT2D eigenvalue weighted by atomic mass is 10.2. The van der Waals surface area contributed by atoms with E-state index in [1.54, 1.807) is 6.21 Å². The van der Waals surface area contributed by atoms with Crippen LogP contribution >= 0.6 is 24.0 Å². The highest BCUT2D eigenvalue weighted by Crippen LogP contribution is 2.32. The number of nitrogens with zero attached hydrogens (tertiary/aromatic N) is 2. The normalized spacial score (nSPS) is 18.1. The fraction of sp³-hybridized carbons (Fsp3) is 0.182. The van der Waals surface area contributed by atoms with Crippen LogP contribution in [0.4, 0.5) is 0 Å². The predicted octanol–water partition coefficient (Wildman–Crippen LogP) is 1.61. The van der Waals surface area contributed by atoms with Gasteiger partial charge in [0.2, 0.25) is 6.79 Å². The maximum Gasteiger partial charge on any atom is 0.259 e. The minimum Gasteiger partial charge on any atom is -0.454 e. The lowest BCUT2D eigenvalue weighted by molar-refractivity contribution is -0.123. The van der Waals surface area contributed by atoms with Crippen molar-refractivity contribution in [3.63, 3.8) is 0 Å². The summed E-state index contributed by atoms with van der Waals surface area (Å²) in [6.45, 7) is 0.237. The Bertz CT molecular complexity index is 543. The summed E-state index contributed by atoms with van der Waals surface area (Å²) in [5.74, 6) is 1.67. The molecule has 18 heavy (non-hydrogen) atoms. The van der Waals surface area contributed by atoms with Gasteiger partial charge in [-0.15, -0.1) is 0 Å². The Hall–Kier alpha value is -1.60. The smallest absolute Gasteiger partial charge is 0.259 e. The first-order valence-corrected chi connectivity index (χ1v) is 6.57. The SMILES string of the molecule is O=C1CSC(=S)N1/N=C\c1ccc2c(c1)OCO2. The van der Waals surface area contributed by atoms with Gasteiger partial charge in [0.05, 0.1) is 12.0 Å². The summed E-state index contributed by atoms with van der Waals surface area (Å²) in [5.41, 5.74) is 0.826. The van der Waals surface area contributed by atoms with Gasteiger partial charge in [0.15, 0.2) is 15.8 Å². The first-order valence-electron chi connectivity index (χ1n) is 5.17. The van der Waals surface area contributed by atoms with Crippen molar-refractivity contribution in [2.75, 3.05) is 12.5 Å². The Morgan fingerprint density at radius 3 is 3.00 bits per heavy atom. The predicted molar refractivity (Wildman–Crippen MR) is 72.1 cm³/mol. The molecule has 0 atom stereocenters. The van der Waals surface area contributed by atoms with E-state index in [-0.39, 0.29) is 12.7 Å². The number of hydrazone groups is 1. The molecular weight excluding hydrogens is 272 g/mol. The fourth-order valence-corrected chi connectivity index (χ4v) is 2.54. The van der Waals surface area contributed by atoms with Crippen LogP contribution in [0.15, 0.2) is 23.3 Å². The van der Waals surface area contributed by atoms with Crippen molar-refractivity contribution >= 4 is 40.4 Å². The molecule has 0 saturated carbocycles. The second-order valence-electron chi connectivity index (χ2n) is 3.62. The number of fused-ring (bicyclic) bond motifs is 1. The van der Waals surface area contributed by atoms with Crippen LogP contribution in [0.3, 0.4) is 0 Å². The van der Waals surface area contributed by atoms with Gasteiger partial charge in [-0.1, -0.05) is 24.0 Å². The third-order valence-electron chi connectivity index (χ3n) is 2.45. The summed E-state index contributed by atoms with van der Waals surface area (Å²) in [6.07, 6.45) is 1.58. The second-order valence-corrected chi connectivity index (χ2v) is 5.23. The number of benzene rings is 1. The molecule has 0 unspecified atom stereocenters. The molecule has 0 aliphatic carbocycles. The summed E-state index contributed by atoms with van der Waals surface area (Å²) < 4.78 is 11.0. The molecule has 3 rings (SSSR count). The zero-order valence-electron chi connectivity index (χ0n) is 9.16. The van der Waals surface area contributed by atoms with Crippen LogP contribution in [0.1, 0.15) is 5.56 Å². The summed E-state index contributed by atoms with van der Waals surface area (Å²) in [4.78, 5) is 11.5. The van der Waals surface area contributed by atoms with E-state index in [1.807, 2.05) is 18.2 Å². The molecule has 1 aromatic carbocycles. The van der Waals surface area contributed by atoms with Crippen LogP contribution in [0.25, 0.3) is 0 Å². The fourth-order valence-electron chi connectivity index (χ4n) is 1.58. The summed E-state index contributed by atoms with van der Waals surface area (Å²) in [7, 11) is 0. The van der Waals surface area contributed by atoms with E-state index in [9.17, 15) is 4.79 Å². The van der Waals surface area contributed by atoms with Gasteiger partial charge in [0.1, 0.15) is 0 Å². The number of hydrogen-bond donors (Lipinski definition) is 0. The average Bonchev–Trinajstić information content (AvgIpc) is 2.94. The van der Waals surface area contributed by atoms with E-state index in [1.165, 1.54) is 16.8 Å². The molecular formula is C11H8N2O3S2. The minimum atomic E-state index is -0.0954. The van der Waals surface area contributed by atoms with Gasteiger partial charge in [0.25, 0.3) is 5.91 Å². The molecule has 0 N–H and O–H groups in total.